The van der Waals surface area contributed by atoms with Gasteiger partial charge in [0.25, 0.3) is 5.91 Å². The number of hydrogen-bond acceptors (Lipinski definition) is 3. The molecule has 5 nitrogen and oxygen atoms in total. The van der Waals surface area contributed by atoms with E-state index in [1.165, 1.54) is 0 Å². The van der Waals surface area contributed by atoms with Crippen LogP contribution in [0.25, 0.3) is 0 Å². The SMILES string of the molecule is Cc1cc(OCC(=O)N[C@H](CC(=O)O)c2ccc(Cl)cc2)cc(C)c1Cl. The average molecular weight is 396 g/mol. The van der Waals surface area contributed by atoms with Crippen LogP contribution in [0.3, 0.4) is 0 Å². The van der Waals surface area contributed by atoms with Crippen molar-refractivity contribution in [2.45, 2.75) is 26.3 Å². The number of benzene rings is 2. The Bertz CT molecular complexity index is 783. The van der Waals surface area contributed by atoms with E-state index in [1.807, 2.05) is 13.8 Å². The molecule has 0 aliphatic rings. The van der Waals surface area contributed by atoms with Crippen molar-refractivity contribution in [3.05, 3.63) is 63.1 Å². The highest BCUT2D eigenvalue weighted by Gasteiger charge is 2.18. The normalized spacial score (nSPS) is 11.7. The molecule has 1 amide bonds. The lowest BCUT2D eigenvalue weighted by Gasteiger charge is -2.18. The van der Waals surface area contributed by atoms with Gasteiger partial charge >= 0.3 is 5.97 Å². The first-order valence-corrected chi connectivity index (χ1v) is 8.68. The Hall–Kier alpha value is -2.24. The van der Waals surface area contributed by atoms with Crippen molar-refractivity contribution in [2.75, 3.05) is 6.61 Å². The lowest BCUT2D eigenvalue weighted by atomic mass is 10.0. The van der Waals surface area contributed by atoms with Crippen LogP contribution < -0.4 is 10.1 Å². The van der Waals surface area contributed by atoms with E-state index < -0.39 is 17.9 Å². The second-order valence-corrected chi connectivity index (χ2v) is 6.74. The molecular formula is C19H19Cl2NO4. The summed E-state index contributed by atoms with van der Waals surface area (Å²) in [7, 11) is 0. The van der Waals surface area contributed by atoms with E-state index in [2.05, 4.69) is 5.32 Å². The summed E-state index contributed by atoms with van der Waals surface area (Å²) in [6, 6.07) is 9.48. The van der Waals surface area contributed by atoms with Gasteiger partial charge in [-0.2, -0.15) is 0 Å². The van der Waals surface area contributed by atoms with Crippen LogP contribution in [0, 0.1) is 13.8 Å². The Labute approximate surface area is 161 Å². The molecule has 2 aromatic carbocycles. The smallest absolute Gasteiger partial charge is 0.305 e. The number of ether oxygens (including phenoxy) is 1. The Morgan fingerprint density at radius 3 is 2.23 bits per heavy atom. The van der Waals surface area contributed by atoms with Crippen molar-refractivity contribution in [3.63, 3.8) is 0 Å². The fourth-order valence-corrected chi connectivity index (χ4v) is 2.73. The zero-order valence-corrected chi connectivity index (χ0v) is 15.9. The molecule has 0 bridgehead atoms. The van der Waals surface area contributed by atoms with Gasteiger partial charge in [0, 0.05) is 10.0 Å². The molecule has 138 valence electrons. The van der Waals surface area contributed by atoms with E-state index in [-0.39, 0.29) is 13.0 Å². The van der Waals surface area contributed by atoms with E-state index in [0.29, 0.717) is 21.4 Å². The molecule has 7 heteroatoms. The first kappa shape index (κ1) is 20.1. The maximum Gasteiger partial charge on any atom is 0.305 e. The monoisotopic (exact) mass is 395 g/mol. The van der Waals surface area contributed by atoms with Crippen molar-refractivity contribution in [3.8, 4) is 5.75 Å². The molecule has 0 saturated heterocycles. The lowest BCUT2D eigenvalue weighted by molar-refractivity contribution is -0.137. The number of rotatable bonds is 7. The van der Waals surface area contributed by atoms with Crippen LogP contribution >= 0.6 is 23.2 Å². The molecule has 0 fully saturated rings. The maximum absolute atomic E-state index is 12.2. The van der Waals surface area contributed by atoms with Crippen molar-refractivity contribution >= 4 is 35.1 Å². The van der Waals surface area contributed by atoms with Crippen LogP contribution in [0.1, 0.15) is 29.2 Å². The molecule has 26 heavy (non-hydrogen) atoms. The molecule has 0 aromatic heterocycles. The van der Waals surface area contributed by atoms with Gasteiger partial charge in [-0.1, -0.05) is 35.3 Å². The minimum Gasteiger partial charge on any atom is -0.484 e. The van der Waals surface area contributed by atoms with Crippen LogP contribution in [0.4, 0.5) is 0 Å². The zero-order chi connectivity index (χ0) is 19.3. The highest BCUT2D eigenvalue weighted by molar-refractivity contribution is 6.32. The number of nitrogens with one attached hydrogen (secondary N) is 1. The van der Waals surface area contributed by atoms with E-state index in [4.69, 9.17) is 33.0 Å². The number of aliphatic carboxylic acids is 1. The molecule has 0 radical (unpaired) electrons. The second kappa shape index (κ2) is 8.92. The quantitative estimate of drug-likeness (QED) is 0.731. The number of carboxylic acid groups (broad SMARTS) is 1. The Balaban J connectivity index is 2.03. The molecule has 2 N–H and O–H groups in total. The van der Waals surface area contributed by atoms with Gasteiger partial charge in [-0.15, -0.1) is 0 Å². The molecule has 0 heterocycles. The maximum atomic E-state index is 12.2. The van der Waals surface area contributed by atoms with Crippen LogP contribution in [0.15, 0.2) is 36.4 Å². The molecule has 2 rings (SSSR count). The van der Waals surface area contributed by atoms with Crippen molar-refractivity contribution in [2.24, 2.45) is 0 Å². The molecule has 0 spiro atoms. The van der Waals surface area contributed by atoms with Crippen molar-refractivity contribution in [1.29, 1.82) is 0 Å². The Kier molecular flexibility index (Phi) is 6.89. The number of carbonyl (C=O) groups excluding carboxylic acids is 1. The largest absolute Gasteiger partial charge is 0.484 e. The summed E-state index contributed by atoms with van der Waals surface area (Å²) in [5.41, 5.74) is 2.36. The summed E-state index contributed by atoms with van der Waals surface area (Å²) < 4.78 is 5.51. The summed E-state index contributed by atoms with van der Waals surface area (Å²) in [6.07, 6.45) is -0.244. The third-order valence-corrected chi connectivity index (χ3v) is 4.61. The second-order valence-electron chi connectivity index (χ2n) is 5.93. The predicted molar refractivity (Wildman–Crippen MR) is 101 cm³/mol. The minimum atomic E-state index is -1.02. The number of aryl methyl sites for hydroxylation is 2. The highest BCUT2D eigenvalue weighted by atomic mass is 35.5. The molecule has 0 aliphatic carbocycles. The summed E-state index contributed by atoms with van der Waals surface area (Å²) in [6.45, 7) is 3.47. The predicted octanol–water partition coefficient (Wildman–Crippen LogP) is 4.32. The third-order valence-electron chi connectivity index (χ3n) is 3.77. The fraction of sp³-hybridized carbons (Fsp3) is 0.263. The van der Waals surface area contributed by atoms with Crippen LogP contribution in [0.2, 0.25) is 10.0 Å². The summed E-state index contributed by atoms with van der Waals surface area (Å²) >= 11 is 12.0. The first-order chi connectivity index (χ1) is 12.3. The van der Waals surface area contributed by atoms with E-state index in [0.717, 1.165) is 11.1 Å². The van der Waals surface area contributed by atoms with Crippen molar-refractivity contribution in [1.82, 2.24) is 5.32 Å². The van der Waals surface area contributed by atoms with Gasteiger partial charge in [-0.05, 0) is 54.8 Å². The molecule has 2 aromatic rings. The van der Waals surface area contributed by atoms with Crippen LogP contribution in [-0.4, -0.2) is 23.6 Å². The topological polar surface area (TPSA) is 75.6 Å². The van der Waals surface area contributed by atoms with Crippen molar-refractivity contribution < 1.29 is 19.4 Å². The molecule has 0 aliphatic heterocycles. The average Bonchev–Trinajstić information content (AvgIpc) is 2.57. The summed E-state index contributed by atoms with van der Waals surface area (Å²) in [5, 5.41) is 13.0. The van der Waals surface area contributed by atoms with E-state index >= 15 is 0 Å². The van der Waals surface area contributed by atoms with Gasteiger partial charge in [0.1, 0.15) is 5.75 Å². The van der Waals surface area contributed by atoms with Crippen LogP contribution in [-0.2, 0) is 9.59 Å². The lowest BCUT2D eigenvalue weighted by Crippen LogP contribution is -2.33. The first-order valence-electron chi connectivity index (χ1n) is 7.92. The minimum absolute atomic E-state index is 0.232. The van der Waals surface area contributed by atoms with Crippen LogP contribution in [0.5, 0.6) is 5.75 Å². The van der Waals surface area contributed by atoms with Gasteiger partial charge in [0.15, 0.2) is 6.61 Å². The zero-order valence-electron chi connectivity index (χ0n) is 14.4. The number of amides is 1. The van der Waals surface area contributed by atoms with Gasteiger partial charge in [-0.25, -0.2) is 0 Å². The van der Waals surface area contributed by atoms with Gasteiger partial charge < -0.3 is 15.2 Å². The third kappa shape index (κ3) is 5.64. The number of carboxylic acids is 1. The van der Waals surface area contributed by atoms with Gasteiger partial charge in [0.05, 0.1) is 12.5 Å². The summed E-state index contributed by atoms with van der Waals surface area (Å²) in [5.74, 6) is -0.910. The number of carbonyl (C=O) groups is 2. The Morgan fingerprint density at radius 2 is 1.69 bits per heavy atom. The Morgan fingerprint density at radius 1 is 1.12 bits per heavy atom. The molecular weight excluding hydrogens is 377 g/mol. The summed E-state index contributed by atoms with van der Waals surface area (Å²) in [4.78, 5) is 23.3. The molecule has 1 atom stereocenters. The van der Waals surface area contributed by atoms with Gasteiger partial charge in [0.2, 0.25) is 0 Å². The highest BCUT2D eigenvalue weighted by Crippen LogP contribution is 2.26. The molecule has 0 unspecified atom stereocenters. The molecule has 0 saturated carbocycles. The van der Waals surface area contributed by atoms with E-state index in [9.17, 15) is 9.59 Å². The number of halogens is 2. The van der Waals surface area contributed by atoms with E-state index in [1.54, 1.807) is 36.4 Å². The standard InChI is InChI=1S/C19H19Cl2NO4/c1-11-7-15(8-12(2)19(11)21)26-10-17(23)22-16(9-18(24)25)13-3-5-14(20)6-4-13/h3-8,16H,9-10H2,1-2H3,(H,22,23)(H,24,25)/t16-/m1/s1. The number of hydrogen-bond donors (Lipinski definition) is 2. The van der Waals surface area contributed by atoms with Gasteiger partial charge in [-0.3, -0.25) is 9.59 Å². The fourth-order valence-electron chi connectivity index (χ4n) is 2.50.